The molecule has 0 heterocycles. The Morgan fingerprint density at radius 2 is 1.91 bits per heavy atom. The number of benzene rings is 2. The minimum atomic E-state index is -1.15. The Balaban J connectivity index is 1.66. The van der Waals surface area contributed by atoms with E-state index in [1.165, 1.54) is 5.56 Å². The van der Waals surface area contributed by atoms with Gasteiger partial charge in [0.1, 0.15) is 5.75 Å². The van der Waals surface area contributed by atoms with Gasteiger partial charge in [-0.05, 0) is 48.1 Å². The Kier molecular flexibility index (Phi) is 4.11. The molecule has 4 nitrogen and oxygen atoms in total. The number of nitrogens with one attached hydrogen (secondary N) is 1. The highest BCUT2D eigenvalue weighted by Crippen LogP contribution is 2.25. The molecule has 0 aliphatic heterocycles. The summed E-state index contributed by atoms with van der Waals surface area (Å²) in [6, 6.07) is 14.3. The van der Waals surface area contributed by atoms with Crippen LogP contribution in [0.3, 0.4) is 0 Å². The van der Waals surface area contributed by atoms with Crippen LogP contribution in [0.5, 0.6) is 5.75 Å². The third-order valence-corrected chi connectivity index (χ3v) is 4.13. The lowest BCUT2D eigenvalue weighted by molar-refractivity contribution is -0.130. The number of hydrogen-bond acceptors (Lipinski definition) is 3. The third-order valence-electron chi connectivity index (χ3n) is 4.13. The first-order valence-electron chi connectivity index (χ1n) is 7.47. The lowest BCUT2D eigenvalue weighted by Crippen LogP contribution is -2.41. The molecule has 2 aromatic rings. The summed E-state index contributed by atoms with van der Waals surface area (Å²) in [5, 5.41) is 22.6. The van der Waals surface area contributed by atoms with Gasteiger partial charge in [0.25, 0.3) is 5.91 Å². The Bertz CT molecular complexity index is 669. The number of rotatable bonds is 3. The van der Waals surface area contributed by atoms with Crippen LogP contribution >= 0.6 is 0 Å². The van der Waals surface area contributed by atoms with Crippen molar-refractivity contribution in [3.63, 3.8) is 0 Å². The number of carbonyl (C=O) groups excluding carboxylic acids is 1. The summed E-state index contributed by atoms with van der Waals surface area (Å²) in [6.07, 6.45) is 1.23. The topological polar surface area (TPSA) is 69.6 Å². The number of carbonyl (C=O) groups is 1. The lowest BCUT2D eigenvalue weighted by atomic mass is 9.88. The van der Waals surface area contributed by atoms with E-state index in [4.69, 9.17) is 0 Å². The Morgan fingerprint density at radius 3 is 2.68 bits per heavy atom. The second kappa shape index (κ2) is 6.20. The average molecular weight is 297 g/mol. The molecule has 1 aliphatic carbocycles. The van der Waals surface area contributed by atoms with Gasteiger partial charge in [-0.25, -0.2) is 0 Å². The van der Waals surface area contributed by atoms with E-state index in [2.05, 4.69) is 5.32 Å². The van der Waals surface area contributed by atoms with Crippen LogP contribution in [0.25, 0.3) is 0 Å². The Labute approximate surface area is 129 Å². The summed E-state index contributed by atoms with van der Waals surface area (Å²) >= 11 is 0. The van der Waals surface area contributed by atoms with Crippen molar-refractivity contribution in [3.8, 4) is 5.75 Å². The van der Waals surface area contributed by atoms with E-state index in [9.17, 15) is 15.0 Å². The van der Waals surface area contributed by atoms with Crippen molar-refractivity contribution < 1.29 is 15.0 Å². The molecule has 2 atom stereocenters. The number of phenols is 1. The summed E-state index contributed by atoms with van der Waals surface area (Å²) in [6.45, 7) is 0. The number of hydrogen-bond donors (Lipinski definition) is 3. The first kappa shape index (κ1) is 14.6. The van der Waals surface area contributed by atoms with Crippen LogP contribution in [-0.4, -0.2) is 22.2 Å². The van der Waals surface area contributed by atoms with E-state index in [-0.39, 0.29) is 17.7 Å². The SMILES string of the molecule is O=C(N[C@H]1CCc2ccc(O)cc2C1)C(O)c1ccccc1. The van der Waals surface area contributed by atoms with E-state index in [0.29, 0.717) is 12.0 Å². The predicted molar refractivity (Wildman–Crippen MR) is 83.5 cm³/mol. The highest BCUT2D eigenvalue weighted by atomic mass is 16.3. The van der Waals surface area contributed by atoms with Crippen molar-refractivity contribution in [1.29, 1.82) is 0 Å². The second-order valence-corrected chi connectivity index (χ2v) is 5.71. The van der Waals surface area contributed by atoms with Crippen LogP contribution in [0.2, 0.25) is 0 Å². The molecule has 1 aliphatic rings. The van der Waals surface area contributed by atoms with Crippen molar-refractivity contribution >= 4 is 5.91 Å². The van der Waals surface area contributed by atoms with Gasteiger partial charge in [0.05, 0.1) is 0 Å². The van der Waals surface area contributed by atoms with Gasteiger partial charge in [-0.15, -0.1) is 0 Å². The van der Waals surface area contributed by atoms with Crippen molar-refractivity contribution in [3.05, 3.63) is 65.2 Å². The van der Waals surface area contributed by atoms with Crippen LogP contribution < -0.4 is 5.32 Å². The lowest BCUT2D eigenvalue weighted by Gasteiger charge is -2.26. The van der Waals surface area contributed by atoms with E-state index >= 15 is 0 Å². The minimum absolute atomic E-state index is 0.0137. The van der Waals surface area contributed by atoms with Crippen LogP contribution in [0.15, 0.2) is 48.5 Å². The van der Waals surface area contributed by atoms with E-state index in [1.807, 2.05) is 12.1 Å². The van der Waals surface area contributed by atoms with Crippen LogP contribution in [-0.2, 0) is 17.6 Å². The standard InChI is InChI=1S/C18H19NO3/c20-16-9-7-12-6-8-15(10-14(12)11-16)19-18(22)17(21)13-4-2-1-3-5-13/h1-5,7,9,11,15,17,20-21H,6,8,10H2,(H,19,22)/t15-,17?/m0/s1. The Hall–Kier alpha value is -2.33. The average Bonchev–Trinajstić information content (AvgIpc) is 2.54. The second-order valence-electron chi connectivity index (χ2n) is 5.71. The van der Waals surface area contributed by atoms with E-state index < -0.39 is 6.10 Å². The minimum Gasteiger partial charge on any atom is -0.508 e. The van der Waals surface area contributed by atoms with Gasteiger partial charge < -0.3 is 15.5 Å². The molecule has 0 radical (unpaired) electrons. The molecular formula is C18H19NO3. The highest BCUT2D eigenvalue weighted by molar-refractivity contribution is 5.82. The fourth-order valence-electron chi connectivity index (χ4n) is 2.93. The number of fused-ring (bicyclic) bond motifs is 1. The molecule has 0 fully saturated rings. The summed E-state index contributed by atoms with van der Waals surface area (Å²) < 4.78 is 0. The summed E-state index contributed by atoms with van der Waals surface area (Å²) in [7, 11) is 0. The number of aryl methyl sites for hydroxylation is 1. The number of aliphatic hydroxyl groups is 1. The summed E-state index contributed by atoms with van der Waals surface area (Å²) in [5.41, 5.74) is 2.87. The van der Waals surface area contributed by atoms with Gasteiger partial charge in [-0.3, -0.25) is 4.79 Å². The smallest absolute Gasteiger partial charge is 0.253 e. The number of aliphatic hydroxyl groups excluding tert-OH is 1. The van der Waals surface area contributed by atoms with E-state index in [1.54, 1.807) is 36.4 Å². The summed E-state index contributed by atoms with van der Waals surface area (Å²) in [5.74, 6) is -0.130. The van der Waals surface area contributed by atoms with Gasteiger partial charge in [-0.2, -0.15) is 0 Å². The molecule has 0 saturated carbocycles. The molecule has 0 spiro atoms. The molecule has 0 aromatic heterocycles. The van der Waals surface area contributed by atoms with Crippen molar-refractivity contribution in [2.24, 2.45) is 0 Å². The van der Waals surface area contributed by atoms with Crippen molar-refractivity contribution in [1.82, 2.24) is 5.32 Å². The zero-order chi connectivity index (χ0) is 15.5. The van der Waals surface area contributed by atoms with Crippen LogP contribution in [0.1, 0.15) is 29.2 Å². The molecule has 114 valence electrons. The fourth-order valence-corrected chi connectivity index (χ4v) is 2.93. The zero-order valence-corrected chi connectivity index (χ0v) is 12.2. The Morgan fingerprint density at radius 1 is 1.14 bits per heavy atom. The molecular weight excluding hydrogens is 278 g/mol. The molecule has 3 rings (SSSR count). The van der Waals surface area contributed by atoms with Crippen LogP contribution in [0.4, 0.5) is 0 Å². The first-order valence-corrected chi connectivity index (χ1v) is 7.47. The molecule has 3 N–H and O–H groups in total. The van der Waals surface area contributed by atoms with Gasteiger partial charge >= 0.3 is 0 Å². The van der Waals surface area contributed by atoms with Gasteiger partial charge in [-0.1, -0.05) is 36.4 Å². The zero-order valence-electron chi connectivity index (χ0n) is 12.2. The molecule has 0 saturated heterocycles. The van der Waals surface area contributed by atoms with Crippen LogP contribution in [0, 0.1) is 0 Å². The molecule has 1 unspecified atom stereocenters. The van der Waals surface area contributed by atoms with Crippen molar-refractivity contribution in [2.45, 2.75) is 31.4 Å². The largest absolute Gasteiger partial charge is 0.508 e. The van der Waals surface area contributed by atoms with Gasteiger partial charge in [0, 0.05) is 6.04 Å². The maximum Gasteiger partial charge on any atom is 0.253 e. The molecule has 4 heteroatoms. The number of phenolic OH excluding ortho intramolecular Hbond substituents is 1. The molecule has 1 amide bonds. The van der Waals surface area contributed by atoms with E-state index in [0.717, 1.165) is 18.4 Å². The maximum atomic E-state index is 12.2. The first-order chi connectivity index (χ1) is 10.6. The van der Waals surface area contributed by atoms with Crippen molar-refractivity contribution in [2.75, 3.05) is 0 Å². The quantitative estimate of drug-likeness (QED) is 0.812. The maximum absolute atomic E-state index is 12.2. The third kappa shape index (κ3) is 3.12. The summed E-state index contributed by atoms with van der Waals surface area (Å²) in [4.78, 5) is 12.2. The molecule has 2 aromatic carbocycles. The fraction of sp³-hybridized carbons (Fsp3) is 0.278. The predicted octanol–water partition coefficient (Wildman–Crippen LogP) is 2.10. The number of aromatic hydroxyl groups is 1. The molecule has 0 bridgehead atoms. The molecule has 22 heavy (non-hydrogen) atoms. The van der Waals surface area contributed by atoms with Gasteiger partial charge in [0.15, 0.2) is 6.10 Å². The number of amides is 1. The monoisotopic (exact) mass is 297 g/mol. The highest BCUT2D eigenvalue weighted by Gasteiger charge is 2.24. The normalized spacial score (nSPS) is 18.3. The van der Waals surface area contributed by atoms with Gasteiger partial charge in [0.2, 0.25) is 0 Å².